The predicted octanol–water partition coefficient (Wildman–Crippen LogP) is 2.81. The summed E-state index contributed by atoms with van der Waals surface area (Å²) >= 11 is 0. The summed E-state index contributed by atoms with van der Waals surface area (Å²) in [5.74, 6) is 0.566. The molecule has 22 heavy (non-hydrogen) atoms. The molecule has 5 heteroatoms. The van der Waals surface area contributed by atoms with E-state index in [1.165, 1.54) is 19.8 Å². The lowest BCUT2D eigenvalue weighted by molar-refractivity contribution is -0.137. The van der Waals surface area contributed by atoms with Crippen molar-refractivity contribution in [2.24, 2.45) is 0 Å². The van der Waals surface area contributed by atoms with Gasteiger partial charge < -0.3 is 15.0 Å². The zero-order chi connectivity index (χ0) is 15.9. The second kappa shape index (κ2) is 7.82. The summed E-state index contributed by atoms with van der Waals surface area (Å²) < 4.78 is 5.73. The van der Waals surface area contributed by atoms with Gasteiger partial charge in [0.15, 0.2) is 6.10 Å². The number of rotatable bonds is 4. The van der Waals surface area contributed by atoms with Gasteiger partial charge in [-0.3, -0.25) is 9.59 Å². The molecule has 1 N–H and O–H groups in total. The molecule has 0 aromatic heterocycles. The Hall–Kier alpha value is -2.04. The lowest BCUT2D eigenvalue weighted by Crippen LogP contribution is -2.40. The number of benzene rings is 1. The Bertz CT molecular complexity index is 505. The molecule has 120 valence electrons. The van der Waals surface area contributed by atoms with Crippen LogP contribution in [0.25, 0.3) is 0 Å². The first-order valence-electron chi connectivity index (χ1n) is 7.89. The van der Waals surface area contributed by atoms with Crippen LogP contribution < -0.4 is 10.1 Å². The van der Waals surface area contributed by atoms with Crippen molar-refractivity contribution in [1.82, 2.24) is 4.90 Å². The fourth-order valence-corrected chi connectivity index (χ4v) is 2.62. The number of nitrogens with zero attached hydrogens (tertiary/aromatic N) is 1. The van der Waals surface area contributed by atoms with Gasteiger partial charge in [-0.05, 0) is 44.0 Å². The van der Waals surface area contributed by atoms with E-state index in [2.05, 4.69) is 5.32 Å². The maximum atomic E-state index is 12.4. The first kappa shape index (κ1) is 16.3. The van der Waals surface area contributed by atoms with Gasteiger partial charge in [-0.2, -0.15) is 0 Å². The van der Waals surface area contributed by atoms with Crippen LogP contribution in [0.4, 0.5) is 5.69 Å². The molecule has 1 saturated heterocycles. The van der Waals surface area contributed by atoms with Crippen molar-refractivity contribution in [3.8, 4) is 5.75 Å². The van der Waals surface area contributed by atoms with E-state index in [0.717, 1.165) is 25.9 Å². The molecule has 1 aromatic rings. The van der Waals surface area contributed by atoms with Gasteiger partial charge >= 0.3 is 0 Å². The number of amides is 2. The molecule has 1 aromatic carbocycles. The first-order valence-corrected chi connectivity index (χ1v) is 7.89. The second-order valence-electron chi connectivity index (χ2n) is 5.71. The van der Waals surface area contributed by atoms with Gasteiger partial charge in [0.25, 0.3) is 5.91 Å². The van der Waals surface area contributed by atoms with E-state index in [-0.39, 0.29) is 11.8 Å². The third kappa shape index (κ3) is 4.76. The maximum absolute atomic E-state index is 12.4. The largest absolute Gasteiger partial charge is 0.481 e. The number of carbonyl (C=O) groups is 2. The molecule has 1 heterocycles. The maximum Gasteiger partial charge on any atom is 0.263 e. The Balaban J connectivity index is 1.91. The molecule has 5 nitrogen and oxygen atoms in total. The van der Waals surface area contributed by atoms with Gasteiger partial charge in [-0.1, -0.05) is 12.8 Å². The van der Waals surface area contributed by atoms with Crippen LogP contribution in [0.2, 0.25) is 0 Å². The highest BCUT2D eigenvalue weighted by molar-refractivity contribution is 5.88. The lowest BCUT2D eigenvalue weighted by Gasteiger charge is -2.24. The molecule has 2 amide bonds. The van der Waals surface area contributed by atoms with Crippen LogP contribution >= 0.6 is 0 Å². The van der Waals surface area contributed by atoms with Crippen LogP contribution in [0.3, 0.4) is 0 Å². The molecular weight excluding hydrogens is 280 g/mol. The number of likely N-dealkylation sites (tertiary alicyclic amines) is 1. The summed E-state index contributed by atoms with van der Waals surface area (Å²) in [5.41, 5.74) is 0.714. The molecular formula is C17H24N2O3. The van der Waals surface area contributed by atoms with Crippen LogP contribution in [0, 0.1) is 0 Å². The molecule has 1 aliphatic rings. The number of nitrogens with one attached hydrogen (secondary N) is 1. The summed E-state index contributed by atoms with van der Waals surface area (Å²) in [6, 6.07) is 7.05. The van der Waals surface area contributed by atoms with E-state index in [1.54, 1.807) is 31.2 Å². The predicted molar refractivity (Wildman–Crippen MR) is 85.9 cm³/mol. The molecule has 0 bridgehead atoms. The average Bonchev–Trinajstić information content (AvgIpc) is 2.77. The molecule has 0 saturated carbocycles. The summed E-state index contributed by atoms with van der Waals surface area (Å²) in [6.07, 6.45) is 4.05. The van der Waals surface area contributed by atoms with E-state index in [0.29, 0.717) is 11.4 Å². The van der Waals surface area contributed by atoms with Gasteiger partial charge in [0.05, 0.1) is 0 Å². The Kier molecular flexibility index (Phi) is 5.81. The number of hydrogen-bond donors (Lipinski definition) is 1. The van der Waals surface area contributed by atoms with Crippen LogP contribution in [-0.4, -0.2) is 35.9 Å². The Morgan fingerprint density at radius 3 is 2.23 bits per heavy atom. The minimum absolute atomic E-state index is 0.0489. The van der Waals surface area contributed by atoms with Crippen LogP contribution in [0.15, 0.2) is 24.3 Å². The normalized spacial score (nSPS) is 16.5. The van der Waals surface area contributed by atoms with E-state index < -0.39 is 6.10 Å². The van der Waals surface area contributed by atoms with E-state index in [9.17, 15) is 9.59 Å². The quantitative estimate of drug-likeness (QED) is 0.930. The van der Waals surface area contributed by atoms with Crippen LogP contribution in [0.1, 0.15) is 39.5 Å². The zero-order valence-electron chi connectivity index (χ0n) is 13.3. The minimum atomic E-state index is -0.496. The topological polar surface area (TPSA) is 58.6 Å². The third-order valence-electron chi connectivity index (χ3n) is 3.75. The van der Waals surface area contributed by atoms with Crippen molar-refractivity contribution in [3.05, 3.63) is 24.3 Å². The van der Waals surface area contributed by atoms with Crippen molar-refractivity contribution in [3.63, 3.8) is 0 Å². The number of carbonyl (C=O) groups excluding carboxylic acids is 2. The van der Waals surface area contributed by atoms with Crippen molar-refractivity contribution in [1.29, 1.82) is 0 Å². The summed E-state index contributed by atoms with van der Waals surface area (Å²) in [5, 5.41) is 2.70. The summed E-state index contributed by atoms with van der Waals surface area (Å²) in [4.78, 5) is 25.3. The Labute approximate surface area is 131 Å². The van der Waals surface area contributed by atoms with Crippen LogP contribution in [0.5, 0.6) is 5.75 Å². The number of ether oxygens (including phenoxy) is 1. The molecule has 2 rings (SSSR count). The fourth-order valence-electron chi connectivity index (χ4n) is 2.62. The molecule has 1 fully saturated rings. The average molecular weight is 304 g/mol. The highest BCUT2D eigenvalue weighted by Gasteiger charge is 2.22. The van der Waals surface area contributed by atoms with Gasteiger partial charge in [0.2, 0.25) is 5.91 Å². The fraction of sp³-hybridized carbons (Fsp3) is 0.529. The van der Waals surface area contributed by atoms with Crippen molar-refractivity contribution < 1.29 is 14.3 Å². The standard InChI is InChI=1S/C17H24N2O3/c1-13(17(21)19-11-5-3-4-6-12-19)22-16-9-7-15(8-10-16)18-14(2)20/h7-10,13H,3-6,11-12H2,1-2H3,(H,18,20). The van der Waals surface area contributed by atoms with Crippen molar-refractivity contribution >= 4 is 17.5 Å². The highest BCUT2D eigenvalue weighted by Crippen LogP contribution is 2.18. The molecule has 0 spiro atoms. The smallest absolute Gasteiger partial charge is 0.263 e. The summed E-state index contributed by atoms with van der Waals surface area (Å²) in [7, 11) is 0. The third-order valence-corrected chi connectivity index (χ3v) is 3.75. The zero-order valence-corrected chi connectivity index (χ0v) is 13.3. The molecule has 1 unspecified atom stereocenters. The van der Waals surface area contributed by atoms with E-state index in [1.807, 2.05) is 4.90 Å². The van der Waals surface area contributed by atoms with Crippen molar-refractivity contribution in [2.45, 2.75) is 45.6 Å². The Morgan fingerprint density at radius 2 is 1.68 bits per heavy atom. The van der Waals surface area contributed by atoms with Crippen LogP contribution in [-0.2, 0) is 9.59 Å². The van der Waals surface area contributed by atoms with Crippen molar-refractivity contribution in [2.75, 3.05) is 18.4 Å². The minimum Gasteiger partial charge on any atom is -0.481 e. The second-order valence-corrected chi connectivity index (χ2v) is 5.71. The number of anilines is 1. The molecule has 1 atom stereocenters. The SMILES string of the molecule is CC(=O)Nc1ccc(OC(C)C(=O)N2CCCCCC2)cc1. The number of hydrogen-bond acceptors (Lipinski definition) is 3. The molecule has 0 aliphatic carbocycles. The monoisotopic (exact) mass is 304 g/mol. The van der Waals surface area contributed by atoms with Gasteiger partial charge in [-0.25, -0.2) is 0 Å². The molecule has 1 aliphatic heterocycles. The van der Waals surface area contributed by atoms with Gasteiger partial charge in [0.1, 0.15) is 5.75 Å². The van der Waals surface area contributed by atoms with E-state index in [4.69, 9.17) is 4.74 Å². The highest BCUT2D eigenvalue weighted by atomic mass is 16.5. The van der Waals surface area contributed by atoms with E-state index >= 15 is 0 Å². The first-order chi connectivity index (χ1) is 10.6. The summed E-state index contributed by atoms with van der Waals surface area (Å²) in [6.45, 7) is 4.91. The Morgan fingerprint density at radius 1 is 1.09 bits per heavy atom. The van der Waals surface area contributed by atoms with Gasteiger partial charge in [0, 0.05) is 25.7 Å². The van der Waals surface area contributed by atoms with Gasteiger partial charge in [-0.15, -0.1) is 0 Å². The lowest BCUT2D eigenvalue weighted by atomic mass is 10.2. The molecule has 0 radical (unpaired) electrons.